The molecule has 11 heteroatoms. The van der Waals surface area contributed by atoms with Crippen LogP contribution in [0.15, 0.2) is 29.2 Å². The number of hydrogen-bond donors (Lipinski definition) is 1. The molecule has 1 unspecified atom stereocenters. The van der Waals surface area contributed by atoms with Gasteiger partial charge in [0.1, 0.15) is 11.4 Å². The van der Waals surface area contributed by atoms with Gasteiger partial charge in [-0.1, -0.05) is 12.1 Å². The van der Waals surface area contributed by atoms with Gasteiger partial charge in [0.15, 0.2) is 13.2 Å². The SMILES string of the molecule is CC(C#N)(CCC(=O)CCCNS(=O)(=O)c1ccccc1[N+](=O)[O-])O[Si](C)(C)C. The van der Waals surface area contributed by atoms with Gasteiger partial charge < -0.3 is 4.43 Å². The minimum absolute atomic E-state index is 0.0267. The van der Waals surface area contributed by atoms with Gasteiger partial charge in [0, 0.05) is 25.5 Å². The highest BCUT2D eigenvalue weighted by molar-refractivity contribution is 7.89. The maximum atomic E-state index is 12.3. The first-order valence-corrected chi connectivity index (χ1v) is 14.0. The summed E-state index contributed by atoms with van der Waals surface area (Å²) >= 11 is 0. The zero-order valence-electron chi connectivity index (χ0n) is 17.1. The predicted molar refractivity (Wildman–Crippen MR) is 110 cm³/mol. The highest BCUT2D eigenvalue weighted by Gasteiger charge is 2.32. The predicted octanol–water partition coefficient (Wildman–Crippen LogP) is 3.14. The molecule has 1 aromatic rings. The van der Waals surface area contributed by atoms with Crippen LogP contribution in [0.4, 0.5) is 5.69 Å². The number of hydrogen-bond acceptors (Lipinski definition) is 7. The molecule has 0 spiro atoms. The van der Waals surface area contributed by atoms with E-state index >= 15 is 0 Å². The molecule has 0 fully saturated rings. The second-order valence-corrected chi connectivity index (χ2v) is 14.0. The molecule has 0 radical (unpaired) electrons. The number of nitro groups is 1. The average Bonchev–Trinajstić information content (AvgIpc) is 2.62. The van der Waals surface area contributed by atoms with Crippen molar-refractivity contribution in [3.05, 3.63) is 34.4 Å². The number of sulfonamides is 1. The number of carbonyl (C=O) groups is 1. The van der Waals surface area contributed by atoms with E-state index in [4.69, 9.17) is 4.43 Å². The number of rotatable bonds is 12. The fourth-order valence-electron chi connectivity index (χ4n) is 2.71. The van der Waals surface area contributed by atoms with E-state index in [2.05, 4.69) is 10.8 Å². The smallest absolute Gasteiger partial charge is 0.289 e. The van der Waals surface area contributed by atoms with Gasteiger partial charge in [-0.15, -0.1) is 0 Å². The monoisotopic (exact) mass is 441 g/mol. The largest absolute Gasteiger partial charge is 0.400 e. The van der Waals surface area contributed by atoms with Crippen LogP contribution in [0.2, 0.25) is 19.6 Å². The Morgan fingerprint density at radius 3 is 2.48 bits per heavy atom. The maximum absolute atomic E-state index is 12.3. The van der Waals surface area contributed by atoms with Crippen LogP contribution < -0.4 is 4.72 Å². The number of ketones is 1. The van der Waals surface area contributed by atoms with Gasteiger partial charge in [-0.25, -0.2) is 13.1 Å². The van der Waals surface area contributed by atoms with Crippen molar-refractivity contribution < 1.29 is 22.6 Å². The third kappa shape index (κ3) is 8.41. The van der Waals surface area contributed by atoms with Crippen LogP contribution in [0.3, 0.4) is 0 Å². The van der Waals surface area contributed by atoms with Crippen LogP contribution in [0, 0.1) is 21.4 Å². The van der Waals surface area contributed by atoms with Gasteiger partial charge in [-0.2, -0.15) is 5.26 Å². The minimum atomic E-state index is -4.06. The summed E-state index contributed by atoms with van der Waals surface area (Å²) in [6.45, 7) is 7.54. The molecule has 0 aromatic heterocycles. The van der Waals surface area contributed by atoms with Crippen LogP contribution in [0.1, 0.15) is 32.6 Å². The molecule has 1 aromatic carbocycles. The summed E-state index contributed by atoms with van der Waals surface area (Å²) < 4.78 is 32.7. The van der Waals surface area contributed by atoms with Gasteiger partial charge in [0.25, 0.3) is 5.69 Å². The standard InChI is InChI=1S/C18H27N3O6SSi/c1-18(14-19,27-29(2,3)4)12-11-15(22)8-7-13-20-28(25,26)17-10-6-5-9-16(17)21(23)24/h5-6,9-10,20H,7-8,11-13H2,1-4H3. The van der Waals surface area contributed by atoms with E-state index in [1.807, 2.05) is 19.6 Å². The normalized spacial score (nSPS) is 14.0. The van der Waals surface area contributed by atoms with Crippen molar-refractivity contribution in [1.29, 1.82) is 5.26 Å². The summed E-state index contributed by atoms with van der Waals surface area (Å²) in [5.41, 5.74) is -1.53. The van der Waals surface area contributed by atoms with Gasteiger partial charge in [-0.05, 0) is 45.5 Å². The number of nitrogens with one attached hydrogen (secondary N) is 1. The fourth-order valence-corrected chi connectivity index (χ4v) is 5.46. The van der Waals surface area contributed by atoms with E-state index in [0.717, 1.165) is 12.1 Å². The van der Waals surface area contributed by atoms with E-state index in [-0.39, 0.29) is 38.0 Å². The number of Topliss-reactive ketones (excluding diaryl/α,β-unsaturated/α-hetero) is 1. The second-order valence-electron chi connectivity index (χ2n) is 7.82. The molecule has 0 bridgehead atoms. The minimum Gasteiger partial charge on any atom is -0.400 e. The van der Waals surface area contributed by atoms with Gasteiger partial charge >= 0.3 is 0 Å². The van der Waals surface area contributed by atoms with Crippen LogP contribution in [0.25, 0.3) is 0 Å². The van der Waals surface area contributed by atoms with Crippen LogP contribution in [-0.4, -0.2) is 39.6 Å². The first-order chi connectivity index (χ1) is 13.3. The molecule has 0 heterocycles. The summed E-state index contributed by atoms with van der Waals surface area (Å²) in [6.07, 6.45) is 0.810. The molecule has 1 atom stereocenters. The molecule has 0 aliphatic carbocycles. The quantitative estimate of drug-likeness (QED) is 0.227. The lowest BCUT2D eigenvalue weighted by Gasteiger charge is -2.30. The van der Waals surface area contributed by atoms with Gasteiger partial charge in [0.2, 0.25) is 10.0 Å². The number of nitro benzene ring substituents is 1. The van der Waals surface area contributed by atoms with Crippen molar-refractivity contribution in [2.45, 2.75) is 62.7 Å². The van der Waals surface area contributed by atoms with E-state index in [1.54, 1.807) is 6.92 Å². The molecule has 1 N–H and O–H groups in total. The third-order valence-corrected chi connectivity index (χ3v) is 6.50. The molecule has 0 amide bonds. The number of benzene rings is 1. The molecule has 29 heavy (non-hydrogen) atoms. The molecule has 9 nitrogen and oxygen atoms in total. The van der Waals surface area contributed by atoms with E-state index in [0.29, 0.717) is 0 Å². The average molecular weight is 442 g/mol. The number of nitriles is 1. The molecule has 160 valence electrons. The van der Waals surface area contributed by atoms with E-state index in [9.17, 15) is 28.6 Å². The van der Waals surface area contributed by atoms with E-state index < -0.39 is 39.4 Å². The molecule has 0 saturated heterocycles. The summed E-state index contributed by atoms with van der Waals surface area (Å²) in [4.78, 5) is 21.9. The number of nitrogens with zero attached hydrogens (tertiary/aromatic N) is 2. The fraction of sp³-hybridized carbons (Fsp3) is 0.556. The zero-order chi connectivity index (χ0) is 22.3. The van der Waals surface area contributed by atoms with Crippen molar-refractivity contribution in [3.8, 4) is 6.07 Å². The number of carbonyl (C=O) groups excluding carboxylic acids is 1. The van der Waals surface area contributed by atoms with Crippen molar-refractivity contribution in [2.24, 2.45) is 0 Å². The lowest BCUT2D eigenvalue weighted by Crippen LogP contribution is -2.39. The molecule has 0 saturated carbocycles. The van der Waals surface area contributed by atoms with Crippen molar-refractivity contribution in [1.82, 2.24) is 4.72 Å². The lowest BCUT2D eigenvalue weighted by atomic mass is 9.99. The highest BCUT2D eigenvalue weighted by atomic mass is 32.2. The van der Waals surface area contributed by atoms with Crippen molar-refractivity contribution in [3.63, 3.8) is 0 Å². The first kappa shape index (κ1) is 24.9. The molecule has 1 rings (SSSR count). The highest BCUT2D eigenvalue weighted by Crippen LogP contribution is 2.24. The zero-order valence-corrected chi connectivity index (χ0v) is 18.9. The Morgan fingerprint density at radius 2 is 1.93 bits per heavy atom. The molecular weight excluding hydrogens is 414 g/mol. The Kier molecular flexibility index (Phi) is 8.64. The van der Waals surface area contributed by atoms with Crippen LogP contribution in [0.5, 0.6) is 0 Å². The second kappa shape index (κ2) is 10.1. The Hall–Kier alpha value is -2.13. The van der Waals surface area contributed by atoms with Gasteiger partial charge in [0.05, 0.1) is 11.0 Å². The Bertz CT molecular complexity index is 892. The maximum Gasteiger partial charge on any atom is 0.289 e. The Balaban J connectivity index is 2.53. The summed E-state index contributed by atoms with van der Waals surface area (Å²) in [5.74, 6) is -0.101. The lowest BCUT2D eigenvalue weighted by molar-refractivity contribution is -0.387. The van der Waals surface area contributed by atoms with Crippen LogP contribution >= 0.6 is 0 Å². The number of para-hydroxylation sites is 1. The summed E-state index contributed by atoms with van der Waals surface area (Å²) in [7, 11) is -6.00. The molecule has 0 aliphatic rings. The van der Waals surface area contributed by atoms with E-state index in [1.165, 1.54) is 12.1 Å². The van der Waals surface area contributed by atoms with Crippen LogP contribution in [-0.2, 0) is 19.2 Å². The Morgan fingerprint density at radius 1 is 1.31 bits per heavy atom. The molecule has 0 aliphatic heterocycles. The summed E-state index contributed by atoms with van der Waals surface area (Å²) in [6, 6.07) is 7.19. The van der Waals surface area contributed by atoms with Gasteiger partial charge in [-0.3, -0.25) is 14.9 Å². The first-order valence-electron chi connectivity index (χ1n) is 9.16. The molecular formula is C18H27N3O6SSi. The van der Waals surface area contributed by atoms with Crippen molar-refractivity contribution >= 4 is 29.8 Å². The topological polar surface area (TPSA) is 139 Å². The third-order valence-electron chi connectivity index (χ3n) is 3.92. The van der Waals surface area contributed by atoms with Crippen molar-refractivity contribution in [2.75, 3.05) is 6.54 Å². The Labute approximate surface area is 172 Å². The summed E-state index contributed by atoms with van der Waals surface area (Å²) in [5, 5.41) is 20.3.